The average Bonchev–Trinajstić information content (AvgIpc) is 3.16. The smallest absolute Gasteiger partial charge is 0.193 e. The van der Waals surface area contributed by atoms with Gasteiger partial charge in [0.05, 0.1) is 12.2 Å². The van der Waals surface area contributed by atoms with Crippen LogP contribution < -0.4 is 5.32 Å². The van der Waals surface area contributed by atoms with E-state index in [9.17, 15) is 0 Å². The summed E-state index contributed by atoms with van der Waals surface area (Å²) in [5.41, 5.74) is 1.06. The van der Waals surface area contributed by atoms with Crippen LogP contribution in [0.15, 0.2) is 10.4 Å². The molecule has 1 aromatic rings. The van der Waals surface area contributed by atoms with E-state index >= 15 is 0 Å². The van der Waals surface area contributed by atoms with Gasteiger partial charge in [0.2, 0.25) is 0 Å². The van der Waals surface area contributed by atoms with Gasteiger partial charge in [-0.15, -0.1) is 11.3 Å². The first kappa shape index (κ1) is 22.1. The maximum atomic E-state index is 5.35. The minimum Gasteiger partial charge on any atom is -0.375 e. The molecular formula is C20H37N5OS. The van der Waals surface area contributed by atoms with Crippen molar-refractivity contribution in [2.75, 3.05) is 41.3 Å². The fourth-order valence-electron chi connectivity index (χ4n) is 3.62. The molecule has 2 rings (SSSR count). The first-order chi connectivity index (χ1) is 13.0. The van der Waals surface area contributed by atoms with Crippen LogP contribution in [-0.2, 0) is 11.3 Å². The minimum absolute atomic E-state index is 0.0487. The highest BCUT2D eigenvalue weighted by atomic mass is 32.1. The zero-order chi connectivity index (χ0) is 19.6. The first-order valence-corrected chi connectivity index (χ1v) is 11.0. The Hall–Kier alpha value is -1.18. The molecule has 0 aliphatic heterocycles. The largest absolute Gasteiger partial charge is 0.375 e. The molecule has 1 heterocycles. The molecule has 0 amide bonds. The highest BCUT2D eigenvalue weighted by Crippen LogP contribution is 2.22. The molecule has 1 aliphatic rings. The molecule has 154 valence electrons. The second-order valence-corrected chi connectivity index (χ2v) is 8.40. The van der Waals surface area contributed by atoms with E-state index in [2.05, 4.69) is 44.6 Å². The van der Waals surface area contributed by atoms with Crippen molar-refractivity contribution in [3.8, 4) is 0 Å². The van der Waals surface area contributed by atoms with E-state index < -0.39 is 0 Å². The maximum Gasteiger partial charge on any atom is 0.193 e. The highest BCUT2D eigenvalue weighted by Gasteiger charge is 2.17. The number of hydrogen-bond acceptors (Lipinski definition) is 5. The quantitative estimate of drug-likeness (QED) is 0.394. The molecule has 0 saturated heterocycles. The topological polar surface area (TPSA) is 53.0 Å². The van der Waals surface area contributed by atoms with Crippen LogP contribution in [0.1, 0.15) is 62.3 Å². The van der Waals surface area contributed by atoms with E-state index in [0.29, 0.717) is 0 Å². The normalized spacial score (nSPS) is 17.3. The molecule has 0 bridgehead atoms. The van der Waals surface area contributed by atoms with Gasteiger partial charge in [0, 0.05) is 39.2 Å². The van der Waals surface area contributed by atoms with Gasteiger partial charge in [-0.1, -0.05) is 19.3 Å². The third kappa shape index (κ3) is 7.05. The van der Waals surface area contributed by atoms with Crippen LogP contribution in [0, 0.1) is 0 Å². The van der Waals surface area contributed by atoms with Crippen molar-refractivity contribution in [1.82, 2.24) is 20.1 Å². The Labute approximate surface area is 169 Å². The van der Waals surface area contributed by atoms with Crippen LogP contribution in [0.2, 0.25) is 0 Å². The number of aromatic nitrogens is 1. The van der Waals surface area contributed by atoms with Crippen molar-refractivity contribution in [2.45, 2.75) is 64.1 Å². The van der Waals surface area contributed by atoms with Crippen molar-refractivity contribution in [3.63, 3.8) is 0 Å². The van der Waals surface area contributed by atoms with Crippen LogP contribution >= 0.6 is 11.3 Å². The lowest BCUT2D eigenvalue weighted by Crippen LogP contribution is -2.40. The number of methoxy groups -OCH3 is 1. The van der Waals surface area contributed by atoms with Crippen molar-refractivity contribution < 1.29 is 4.74 Å². The van der Waals surface area contributed by atoms with Gasteiger partial charge >= 0.3 is 0 Å². The molecule has 0 aromatic carbocycles. The number of thiazole rings is 1. The summed E-state index contributed by atoms with van der Waals surface area (Å²) in [5, 5.41) is 6.62. The molecule has 0 radical (unpaired) electrons. The second-order valence-electron chi connectivity index (χ2n) is 7.51. The van der Waals surface area contributed by atoms with E-state index in [1.807, 2.05) is 14.0 Å². The maximum absolute atomic E-state index is 5.35. The molecule has 6 nitrogen and oxygen atoms in total. The SMILES string of the molecule is CN=C(NCCCN(C)C1CCCCC1)N(C)Cc1csc(C(C)OC)n1. The Balaban J connectivity index is 1.71. The molecule has 1 fully saturated rings. The van der Waals surface area contributed by atoms with Gasteiger partial charge in [-0.05, 0) is 39.8 Å². The molecule has 1 N–H and O–H groups in total. The molecule has 27 heavy (non-hydrogen) atoms. The number of rotatable bonds is 9. The zero-order valence-electron chi connectivity index (χ0n) is 17.7. The lowest BCUT2D eigenvalue weighted by molar-refractivity contribution is 0.119. The van der Waals surface area contributed by atoms with E-state index in [1.165, 1.54) is 32.1 Å². The summed E-state index contributed by atoms with van der Waals surface area (Å²) in [6, 6.07) is 0.786. The van der Waals surface area contributed by atoms with Crippen molar-refractivity contribution in [1.29, 1.82) is 0 Å². The summed E-state index contributed by atoms with van der Waals surface area (Å²) in [6.45, 7) is 4.85. The van der Waals surface area contributed by atoms with Crippen LogP contribution in [-0.4, -0.2) is 68.1 Å². The Bertz CT molecular complexity index is 570. The van der Waals surface area contributed by atoms with Gasteiger partial charge < -0.3 is 19.9 Å². The predicted molar refractivity (Wildman–Crippen MR) is 114 cm³/mol. The predicted octanol–water partition coefficient (Wildman–Crippen LogP) is 3.51. The van der Waals surface area contributed by atoms with Gasteiger partial charge in [0.25, 0.3) is 0 Å². The fraction of sp³-hybridized carbons (Fsp3) is 0.800. The summed E-state index contributed by atoms with van der Waals surface area (Å²) in [6.07, 6.45) is 8.12. The van der Waals surface area contributed by atoms with Crippen LogP contribution in [0.25, 0.3) is 0 Å². The zero-order valence-corrected chi connectivity index (χ0v) is 18.5. The van der Waals surface area contributed by atoms with Gasteiger partial charge in [-0.25, -0.2) is 4.98 Å². The number of hydrogen-bond donors (Lipinski definition) is 1. The Morgan fingerprint density at radius 3 is 2.78 bits per heavy atom. The number of nitrogens with one attached hydrogen (secondary N) is 1. The summed E-state index contributed by atoms with van der Waals surface area (Å²) in [7, 11) is 7.89. The lowest BCUT2D eigenvalue weighted by Gasteiger charge is -2.31. The highest BCUT2D eigenvalue weighted by molar-refractivity contribution is 7.09. The monoisotopic (exact) mass is 395 g/mol. The lowest BCUT2D eigenvalue weighted by atomic mass is 9.94. The van der Waals surface area contributed by atoms with Crippen LogP contribution in [0.5, 0.6) is 0 Å². The van der Waals surface area contributed by atoms with Gasteiger partial charge in [0.15, 0.2) is 5.96 Å². The average molecular weight is 396 g/mol. The van der Waals surface area contributed by atoms with E-state index in [1.54, 1.807) is 18.4 Å². The summed E-state index contributed by atoms with van der Waals surface area (Å²) >= 11 is 1.65. The summed E-state index contributed by atoms with van der Waals surface area (Å²) in [4.78, 5) is 13.8. The van der Waals surface area contributed by atoms with Gasteiger partial charge in [0.1, 0.15) is 11.1 Å². The van der Waals surface area contributed by atoms with Gasteiger partial charge in [-0.2, -0.15) is 0 Å². The Kier molecular flexibility index (Phi) is 9.51. The third-order valence-electron chi connectivity index (χ3n) is 5.41. The molecule has 1 atom stereocenters. The van der Waals surface area contributed by atoms with Crippen molar-refractivity contribution >= 4 is 17.3 Å². The van der Waals surface area contributed by atoms with E-state index in [4.69, 9.17) is 4.74 Å². The molecule has 1 unspecified atom stereocenters. The molecule has 1 saturated carbocycles. The standard InChI is InChI=1S/C20H37N5OS/c1-16(26-5)19-23-17(15-27-19)14-25(4)20(21-2)22-12-9-13-24(3)18-10-7-6-8-11-18/h15-16,18H,6-14H2,1-5H3,(H,21,22). The molecule has 7 heteroatoms. The number of guanidine groups is 1. The third-order valence-corrected chi connectivity index (χ3v) is 6.47. The van der Waals surface area contributed by atoms with E-state index in [0.717, 1.165) is 48.8 Å². The molecule has 0 spiro atoms. The number of nitrogens with zero attached hydrogens (tertiary/aromatic N) is 4. The second kappa shape index (κ2) is 11.6. The molecule has 1 aromatic heterocycles. The molecule has 1 aliphatic carbocycles. The summed E-state index contributed by atoms with van der Waals surface area (Å²) in [5.74, 6) is 0.921. The van der Waals surface area contributed by atoms with Gasteiger partial charge in [-0.3, -0.25) is 4.99 Å². The molecular weight excluding hydrogens is 358 g/mol. The van der Waals surface area contributed by atoms with E-state index in [-0.39, 0.29) is 6.10 Å². The fourth-order valence-corrected chi connectivity index (χ4v) is 4.46. The Morgan fingerprint density at radius 1 is 1.37 bits per heavy atom. The van der Waals surface area contributed by atoms with Crippen LogP contribution in [0.4, 0.5) is 0 Å². The number of aliphatic imine (C=N–C) groups is 1. The van der Waals surface area contributed by atoms with Crippen molar-refractivity contribution in [2.24, 2.45) is 4.99 Å². The van der Waals surface area contributed by atoms with Crippen LogP contribution in [0.3, 0.4) is 0 Å². The summed E-state index contributed by atoms with van der Waals surface area (Å²) < 4.78 is 5.35. The first-order valence-electron chi connectivity index (χ1n) is 10.1. The minimum atomic E-state index is 0.0487. The van der Waals surface area contributed by atoms with Crippen molar-refractivity contribution in [3.05, 3.63) is 16.1 Å². The Morgan fingerprint density at radius 2 is 2.11 bits per heavy atom. The number of ether oxygens (including phenoxy) is 1.